The number of benzene rings is 1. The lowest BCUT2D eigenvalue weighted by Gasteiger charge is -2.40. The van der Waals surface area contributed by atoms with Gasteiger partial charge in [-0.25, -0.2) is 4.98 Å². The summed E-state index contributed by atoms with van der Waals surface area (Å²) in [6.07, 6.45) is 0.693. The van der Waals surface area contributed by atoms with Gasteiger partial charge in [-0.15, -0.1) is 0 Å². The zero-order valence-corrected chi connectivity index (χ0v) is 14.2. The first-order valence-electron chi connectivity index (χ1n) is 7.42. The third-order valence-corrected chi connectivity index (χ3v) is 4.64. The molecule has 1 aromatic heterocycles. The predicted octanol–water partition coefficient (Wildman–Crippen LogP) is 3.76. The number of primary amides is 1. The van der Waals surface area contributed by atoms with Crippen LogP contribution in [0.4, 0.5) is 5.69 Å². The van der Waals surface area contributed by atoms with Gasteiger partial charge in [0.05, 0.1) is 5.92 Å². The van der Waals surface area contributed by atoms with Crippen LogP contribution in [0.3, 0.4) is 0 Å². The Labute approximate surface area is 145 Å². The normalized spacial score (nSPS) is 20.2. The van der Waals surface area contributed by atoms with Crippen LogP contribution in [-0.2, 0) is 11.3 Å². The van der Waals surface area contributed by atoms with Crippen molar-refractivity contribution < 1.29 is 4.79 Å². The zero-order chi connectivity index (χ0) is 16.6. The van der Waals surface area contributed by atoms with Crippen molar-refractivity contribution >= 4 is 34.8 Å². The summed E-state index contributed by atoms with van der Waals surface area (Å²) < 4.78 is 0. The lowest BCUT2D eigenvalue weighted by atomic mass is 9.85. The van der Waals surface area contributed by atoms with Gasteiger partial charge in [0.1, 0.15) is 10.3 Å². The second kappa shape index (κ2) is 6.38. The van der Waals surface area contributed by atoms with Crippen molar-refractivity contribution in [2.24, 2.45) is 5.73 Å². The first-order chi connectivity index (χ1) is 11.0. The Morgan fingerprint density at radius 1 is 1.30 bits per heavy atom. The van der Waals surface area contributed by atoms with Crippen molar-refractivity contribution in [3.05, 3.63) is 57.8 Å². The molecule has 0 saturated carbocycles. The molecule has 120 valence electrons. The van der Waals surface area contributed by atoms with Crippen LogP contribution < -0.4 is 10.6 Å². The fourth-order valence-electron chi connectivity index (χ4n) is 3.19. The smallest absolute Gasteiger partial charge is 0.225 e. The van der Waals surface area contributed by atoms with Crippen LogP contribution >= 0.6 is 23.2 Å². The summed E-state index contributed by atoms with van der Waals surface area (Å²) in [6, 6.07) is 11.7. The first-order valence-corrected chi connectivity index (χ1v) is 8.18. The molecule has 2 heterocycles. The van der Waals surface area contributed by atoms with Gasteiger partial charge in [-0.1, -0.05) is 41.4 Å². The van der Waals surface area contributed by atoms with E-state index in [0.717, 1.165) is 16.8 Å². The summed E-state index contributed by atoms with van der Waals surface area (Å²) in [5.41, 5.74) is 8.57. The van der Waals surface area contributed by atoms with Gasteiger partial charge in [-0.3, -0.25) is 4.79 Å². The zero-order valence-electron chi connectivity index (χ0n) is 12.7. The summed E-state index contributed by atoms with van der Waals surface area (Å²) in [5.74, 6) is -0.527. The Kier molecular flexibility index (Phi) is 4.46. The molecule has 1 aliphatic heterocycles. The van der Waals surface area contributed by atoms with E-state index >= 15 is 0 Å². The number of nitrogens with zero attached hydrogens (tertiary/aromatic N) is 2. The van der Waals surface area contributed by atoms with E-state index in [2.05, 4.69) is 16.8 Å². The number of aromatic nitrogens is 1. The lowest BCUT2D eigenvalue weighted by Crippen LogP contribution is -2.41. The molecule has 0 radical (unpaired) electrons. The number of hydrogen-bond donors (Lipinski definition) is 1. The van der Waals surface area contributed by atoms with Gasteiger partial charge in [-0.05, 0) is 42.7 Å². The molecule has 3 rings (SSSR count). The SMILES string of the molecule is C[C@@H]1C[C@@H](C(N)=O)c2ccccc2N1Cc1cc(Cl)nc(Cl)c1. The maximum atomic E-state index is 11.8. The fraction of sp³-hybridized carbons (Fsp3) is 0.294. The van der Waals surface area contributed by atoms with Gasteiger partial charge in [-0.2, -0.15) is 0 Å². The van der Waals surface area contributed by atoms with Gasteiger partial charge >= 0.3 is 0 Å². The number of nitrogens with two attached hydrogens (primary N) is 1. The summed E-state index contributed by atoms with van der Waals surface area (Å²) in [5, 5.41) is 0.751. The van der Waals surface area contributed by atoms with E-state index in [1.807, 2.05) is 36.4 Å². The molecule has 6 heteroatoms. The van der Waals surface area contributed by atoms with Crippen LogP contribution in [0.1, 0.15) is 30.4 Å². The molecule has 2 N–H and O–H groups in total. The van der Waals surface area contributed by atoms with E-state index in [9.17, 15) is 4.79 Å². The van der Waals surface area contributed by atoms with Gasteiger partial charge in [0, 0.05) is 18.3 Å². The van der Waals surface area contributed by atoms with Crippen LogP contribution in [0.25, 0.3) is 0 Å². The Morgan fingerprint density at radius 2 is 1.96 bits per heavy atom. The van der Waals surface area contributed by atoms with E-state index in [1.54, 1.807) is 0 Å². The number of amides is 1. The van der Waals surface area contributed by atoms with Crippen LogP contribution in [0, 0.1) is 0 Å². The van der Waals surface area contributed by atoms with Crippen LogP contribution in [-0.4, -0.2) is 16.9 Å². The summed E-state index contributed by atoms with van der Waals surface area (Å²) >= 11 is 12.0. The molecule has 1 amide bonds. The summed E-state index contributed by atoms with van der Waals surface area (Å²) in [6.45, 7) is 2.74. The number of fused-ring (bicyclic) bond motifs is 1. The predicted molar refractivity (Wildman–Crippen MR) is 92.9 cm³/mol. The Hall–Kier alpha value is -1.78. The molecule has 1 aromatic carbocycles. The number of carbonyl (C=O) groups excluding carboxylic acids is 1. The monoisotopic (exact) mass is 349 g/mol. The van der Waals surface area contributed by atoms with Gasteiger partial charge in [0.15, 0.2) is 0 Å². The van der Waals surface area contributed by atoms with Crippen molar-refractivity contribution in [2.75, 3.05) is 4.90 Å². The molecule has 2 atom stereocenters. The van der Waals surface area contributed by atoms with Crippen LogP contribution in [0.2, 0.25) is 10.3 Å². The van der Waals surface area contributed by atoms with Crippen molar-refractivity contribution in [1.29, 1.82) is 0 Å². The van der Waals surface area contributed by atoms with Crippen molar-refractivity contribution in [2.45, 2.75) is 31.8 Å². The highest BCUT2D eigenvalue weighted by Crippen LogP contribution is 2.39. The average Bonchev–Trinajstić information content (AvgIpc) is 2.48. The highest BCUT2D eigenvalue weighted by atomic mass is 35.5. The average molecular weight is 350 g/mol. The maximum absolute atomic E-state index is 11.8. The molecule has 2 aromatic rings. The lowest BCUT2D eigenvalue weighted by molar-refractivity contribution is -0.119. The van der Waals surface area contributed by atoms with E-state index in [4.69, 9.17) is 28.9 Å². The van der Waals surface area contributed by atoms with Crippen molar-refractivity contribution in [1.82, 2.24) is 4.98 Å². The fourth-order valence-corrected chi connectivity index (χ4v) is 3.69. The number of rotatable bonds is 3. The molecule has 23 heavy (non-hydrogen) atoms. The Morgan fingerprint density at radius 3 is 2.61 bits per heavy atom. The third-order valence-electron chi connectivity index (χ3n) is 4.25. The Balaban J connectivity index is 1.98. The molecular formula is C17H17Cl2N3O. The van der Waals surface area contributed by atoms with E-state index in [0.29, 0.717) is 23.3 Å². The van der Waals surface area contributed by atoms with Crippen LogP contribution in [0.5, 0.6) is 0 Å². The van der Waals surface area contributed by atoms with Crippen molar-refractivity contribution in [3.63, 3.8) is 0 Å². The van der Waals surface area contributed by atoms with Gasteiger partial charge in [0.2, 0.25) is 5.91 Å². The molecule has 1 aliphatic rings. The summed E-state index contributed by atoms with van der Waals surface area (Å²) in [7, 11) is 0. The van der Waals surface area contributed by atoms with E-state index in [1.165, 1.54) is 0 Å². The maximum Gasteiger partial charge on any atom is 0.225 e. The molecule has 0 bridgehead atoms. The molecule has 0 unspecified atom stereocenters. The second-order valence-electron chi connectivity index (χ2n) is 5.85. The number of hydrogen-bond acceptors (Lipinski definition) is 3. The minimum atomic E-state index is -0.279. The second-order valence-corrected chi connectivity index (χ2v) is 6.62. The molecule has 0 aliphatic carbocycles. The molecule has 0 saturated heterocycles. The number of para-hydroxylation sites is 1. The topological polar surface area (TPSA) is 59.2 Å². The standard InChI is InChI=1S/C17H17Cl2N3O/c1-10-6-13(17(20)23)12-4-2-3-5-14(12)22(10)9-11-7-15(18)21-16(19)8-11/h2-5,7-8,10,13H,6,9H2,1H3,(H2,20,23)/t10-,13-/m1/s1. The quantitative estimate of drug-likeness (QED) is 0.858. The van der Waals surface area contributed by atoms with E-state index < -0.39 is 0 Å². The minimum Gasteiger partial charge on any atom is -0.369 e. The van der Waals surface area contributed by atoms with E-state index in [-0.39, 0.29) is 17.9 Å². The molecule has 4 nitrogen and oxygen atoms in total. The Bertz CT molecular complexity index is 730. The van der Waals surface area contributed by atoms with Crippen LogP contribution in [0.15, 0.2) is 36.4 Å². The number of halogens is 2. The highest BCUT2D eigenvalue weighted by Gasteiger charge is 2.32. The van der Waals surface area contributed by atoms with Crippen molar-refractivity contribution in [3.8, 4) is 0 Å². The summed E-state index contributed by atoms with van der Waals surface area (Å²) in [4.78, 5) is 18.0. The molecule has 0 spiro atoms. The van der Waals surface area contributed by atoms with Gasteiger partial charge < -0.3 is 10.6 Å². The first kappa shape index (κ1) is 16.1. The third kappa shape index (κ3) is 3.28. The largest absolute Gasteiger partial charge is 0.369 e. The molecular weight excluding hydrogens is 333 g/mol. The van der Waals surface area contributed by atoms with Gasteiger partial charge in [0.25, 0.3) is 0 Å². The minimum absolute atomic E-state index is 0.174. The number of anilines is 1. The number of carbonyl (C=O) groups is 1. The highest BCUT2D eigenvalue weighted by molar-refractivity contribution is 6.32. The molecule has 0 fully saturated rings. The number of pyridine rings is 1.